The Labute approximate surface area is 117 Å². The number of nitrogens with zero attached hydrogens (tertiary/aromatic N) is 2. The Kier molecular flexibility index (Phi) is 4.40. The Morgan fingerprint density at radius 1 is 1.28 bits per heavy atom. The zero-order valence-electron chi connectivity index (χ0n) is 10.9. The molecule has 0 aliphatic carbocycles. The number of amides is 1. The van der Waals surface area contributed by atoms with Gasteiger partial charge in [0.2, 0.25) is 5.91 Å². The SMILES string of the molecule is CN(C)Cc1ccc(CN2CC(Br)CC2=O)cc1. The molecule has 1 aliphatic heterocycles. The van der Waals surface area contributed by atoms with Gasteiger partial charge in [-0.25, -0.2) is 0 Å². The van der Waals surface area contributed by atoms with Crippen molar-refractivity contribution in [2.75, 3.05) is 20.6 Å². The van der Waals surface area contributed by atoms with Crippen LogP contribution in [0.4, 0.5) is 0 Å². The zero-order valence-corrected chi connectivity index (χ0v) is 12.5. The van der Waals surface area contributed by atoms with Crippen molar-refractivity contribution >= 4 is 21.8 Å². The molecule has 0 bridgehead atoms. The quantitative estimate of drug-likeness (QED) is 0.796. The first kappa shape index (κ1) is 13.6. The summed E-state index contributed by atoms with van der Waals surface area (Å²) in [5.41, 5.74) is 2.50. The first-order chi connectivity index (χ1) is 8.54. The lowest BCUT2D eigenvalue weighted by molar-refractivity contribution is -0.128. The van der Waals surface area contributed by atoms with Crippen LogP contribution in [0, 0.1) is 0 Å². The number of rotatable bonds is 4. The van der Waals surface area contributed by atoms with Gasteiger partial charge in [-0.2, -0.15) is 0 Å². The summed E-state index contributed by atoms with van der Waals surface area (Å²) >= 11 is 3.50. The lowest BCUT2D eigenvalue weighted by Crippen LogP contribution is -2.24. The molecule has 1 aromatic carbocycles. The van der Waals surface area contributed by atoms with E-state index in [1.165, 1.54) is 11.1 Å². The summed E-state index contributed by atoms with van der Waals surface area (Å²) < 4.78 is 0. The summed E-state index contributed by atoms with van der Waals surface area (Å²) in [5, 5.41) is 0. The predicted molar refractivity (Wildman–Crippen MR) is 76.6 cm³/mol. The first-order valence-electron chi connectivity index (χ1n) is 6.19. The molecule has 1 atom stereocenters. The van der Waals surface area contributed by atoms with E-state index in [1.54, 1.807) is 0 Å². The summed E-state index contributed by atoms with van der Waals surface area (Å²) in [7, 11) is 4.12. The van der Waals surface area contributed by atoms with Crippen molar-refractivity contribution in [1.29, 1.82) is 0 Å². The molecule has 1 unspecified atom stereocenters. The van der Waals surface area contributed by atoms with E-state index in [1.807, 2.05) is 4.90 Å². The lowest BCUT2D eigenvalue weighted by Gasteiger charge is -2.16. The van der Waals surface area contributed by atoms with Crippen LogP contribution in [0.1, 0.15) is 17.5 Å². The minimum absolute atomic E-state index is 0.245. The van der Waals surface area contributed by atoms with Gasteiger partial charge in [0, 0.05) is 30.9 Å². The van der Waals surface area contributed by atoms with Gasteiger partial charge < -0.3 is 9.80 Å². The van der Waals surface area contributed by atoms with Gasteiger partial charge in [0.25, 0.3) is 0 Å². The molecule has 18 heavy (non-hydrogen) atoms. The second-order valence-electron chi connectivity index (χ2n) is 5.13. The number of carbonyl (C=O) groups excluding carboxylic acids is 1. The van der Waals surface area contributed by atoms with Crippen LogP contribution in [0.25, 0.3) is 0 Å². The highest BCUT2D eigenvalue weighted by Gasteiger charge is 2.27. The minimum atomic E-state index is 0.245. The highest BCUT2D eigenvalue weighted by Crippen LogP contribution is 2.20. The van der Waals surface area contributed by atoms with E-state index in [4.69, 9.17) is 0 Å². The third-order valence-corrected chi connectivity index (χ3v) is 3.68. The molecule has 98 valence electrons. The summed E-state index contributed by atoms with van der Waals surface area (Å²) in [6.45, 7) is 2.49. The summed E-state index contributed by atoms with van der Waals surface area (Å²) in [5.74, 6) is 0.245. The Morgan fingerprint density at radius 3 is 2.39 bits per heavy atom. The Balaban J connectivity index is 1.96. The molecule has 2 rings (SSSR count). The fourth-order valence-corrected chi connectivity index (χ4v) is 2.84. The average molecular weight is 311 g/mol. The molecule has 0 spiro atoms. The van der Waals surface area contributed by atoms with Crippen LogP contribution in [0.15, 0.2) is 24.3 Å². The highest BCUT2D eigenvalue weighted by atomic mass is 79.9. The number of carbonyl (C=O) groups is 1. The van der Waals surface area contributed by atoms with Gasteiger partial charge >= 0.3 is 0 Å². The number of hydrogen-bond donors (Lipinski definition) is 0. The van der Waals surface area contributed by atoms with E-state index in [0.29, 0.717) is 11.2 Å². The van der Waals surface area contributed by atoms with Crippen LogP contribution in [-0.4, -0.2) is 41.2 Å². The predicted octanol–water partition coefficient (Wildman–Crippen LogP) is 2.24. The normalized spacial score (nSPS) is 19.9. The topological polar surface area (TPSA) is 23.6 Å². The van der Waals surface area contributed by atoms with Crippen molar-refractivity contribution in [1.82, 2.24) is 9.80 Å². The van der Waals surface area contributed by atoms with Gasteiger partial charge in [-0.3, -0.25) is 4.79 Å². The Hall–Kier alpha value is -0.870. The van der Waals surface area contributed by atoms with Crippen LogP contribution >= 0.6 is 15.9 Å². The van der Waals surface area contributed by atoms with E-state index in [-0.39, 0.29) is 5.91 Å². The number of halogens is 1. The molecule has 0 aromatic heterocycles. The highest BCUT2D eigenvalue weighted by molar-refractivity contribution is 9.09. The average Bonchev–Trinajstić information content (AvgIpc) is 2.59. The van der Waals surface area contributed by atoms with E-state index >= 15 is 0 Å². The van der Waals surface area contributed by atoms with E-state index in [2.05, 4.69) is 59.2 Å². The Bertz CT molecular complexity index is 416. The third kappa shape index (κ3) is 3.56. The van der Waals surface area contributed by atoms with E-state index < -0.39 is 0 Å². The Morgan fingerprint density at radius 2 is 1.89 bits per heavy atom. The van der Waals surface area contributed by atoms with E-state index in [0.717, 1.165) is 19.6 Å². The summed E-state index contributed by atoms with van der Waals surface area (Å²) in [6.07, 6.45) is 0.624. The molecule has 1 heterocycles. The summed E-state index contributed by atoms with van der Waals surface area (Å²) in [6, 6.07) is 8.52. The molecule has 1 fully saturated rings. The van der Waals surface area contributed by atoms with Crippen molar-refractivity contribution in [3.8, 4) is 0 Å². The van der Waals surface area contributed by atoms with Crippen LogP contribution in [0.2, 0.25) is 0 Å². The standard InChI is InChI=1S/C14H19BrN2O/c1-16(2)8-11-3-5-12(6-4-11)9-17-10-13(15)7-14(17)18/h3-6,13H,7-10H2,1-2H3. The number of hydrogen-bond acceptors (Lipinski definition) is 2. The van der Waals surface area contributed by atoms with Crippen molar-refractivity contribution in [2.24, 2.45) is 0 Å². The minimum Gasteiger partial charge on any atom is -0.337 e. The smallest absolute Gasteiger partial charge is 0.224 e. The van der Waals surface area contributed by atoms with Gasteiger partial charge in [-0.05, 0) is 25.2 Å². The van der Waals surface area contributed by atoms with Gasteiger partial charge in [0.1, 0.15) is 0 Å². The lowest BCUT2D eigenvalue weighted by atomic mass is 10.1. The molecular formula is C14H19BrN2O. The van der Waals surface area contributed by atoms with Crippen molar-refractivity contribution in [3.63, 3.8) is 0 Å². The monoisotopic (exact) mass is 310 g/mol. The molecule has 0 saturated carbocycles. The number of likely N-dealkylation sites (tertiary alicyclic amines) is 1. The van der Waals surface area contributed by atoms with Crippen LogP contribution in [0.5, 0.6) is 0 Å². The fourth-order valence-electron chi connectivity index (χ4n) is 2.21. The van der Waals surface area contributed by atoms with Crippen molar-refractivity contribution in [3.05, 3.63) is 35.4 Å². The first-order valence-corrected chi connectivity index (χ1v) is 7.10. The zero-order chi connectivity index (χ0) is 13.1. The molecule has 1 aromatic rings. The van der Waals surface area contributed by atoms with E-state index in [9.17, 15) is 4.79 Å². The van der Waals surface area contributed by atoms with Crippen molar-refractivity contribution < 1.29 is 4.79 Å². The molecule has 1 saturated heterocycles. The summed E-state index contributed by atoms with van der Waals surface area (Å²) in [4.78, 5) is 16.1. The van der Waals surface area contributed by atoms with Gasteiger partial charge in [-0.1, -0.05) is 40.2 Å². The van der Waals surface area contributed by atoms with Gasteiger partial charge in [0.15, 0.2) is 0 Å². The van der Waals surface area contributed by atoms with Crippen LogP contribution in [0.3, 0.4) is 0 Å². The maximum atomic E-state index is 11.7. The van der Waals surface area contributed by atoms with Crippen molar-refractivity contribution in [2.45, 2.75) is 24.3 Å². The largest absolute Gasteiger partial charge is 0.337 e. The molecule has 3 nitrogen and oxygen atoms in total. The molecule has 1 aliphatic rings. The fraction of sp³-hybridized carbons (Fsp3) is 0.500. The second-order valence-corrected chi connectivity index (χ2v) is 6.42. The van der Waals surface area contributed by atoms with Gasteiger partial charge in [-0.15, -0.1) is 0 Å². The second kappa shape index (κ2) is 5.85. The third-order valence-electron chi connectivity index (χ3n) is 3.06. The molecule has 0 radical (unpaired) electrons. The maximum Gasteiger partial charge on any atom is 0.224 e. The number of alkyl halides is 1. The number of benzene rings is 1. The molecule has 4 heteroatoms. The molecular weight excluding hydrogens is 292 g/mol. The maximum absolute atomic E-state index is 11.7. The molecule has 1 amide bonds. The van der Waals surface area contributed by atoms with Gasteiger partial charge in [0.05, 0.1) is 0 Å². The van der Waals surface area contributed by atoms with Crippen LogP contribution < -0.4 is 0 Å². The molecule has 0 N–H and O–H groups in total. The van der Waals surface area contributed by atoms with Crippen LogP contribution in [-0.2, 0) is 17.9 Å².